The van der Waals surface area contributed by atoms with Gasteiger partial charge in [0.15, 0.2) is 0 Å². The molecule has 0 bridgehead atoms. The van der Waals surface area contributed by atoms with E-state index in [1.54, 1.807) is 28.8 Å². The molecule has 6 heteroatoms. The summed E-state index contributed by atoms with van der Waals surface area (Å²) in [6.07, 6.45) is 0. The van der Waals surface area contributed by atoms with Crippen LogP contribution in [0.1, 0.15) is 30.3 Å². The molecule has 27 heavy (non-hydrogen) atoms. The molecule has 0 unspecified atom stereocenters. The monoisotopic (exact) mass is 386 g/mol. The van der Waals surface area contributed by atoms with Crippen LogP contribution in [0.25, 0.3) is 0 Å². The van der Waals surface area contributed by atoms with Crippen molar-refractivity contribution in [3.05, 3.63) is 71.5 Å². The van der Waals surface area contributed by atoms with Crippen molar-refractivity contribution in [3.8, 4) is 0 Å². The van der Waals surface area contributed by atoms with Gasteiger partial charge in [-0.2, -0.15) is 0 Å². The second-order valence-electron chi connectivity index (χ2n) is 6.86. The largest absolute Gasteiger partial charge is 0.350 e. The quantitative estimate of drug-likeness (QED) is 0.852. The van der Waals surface area contributed by atoms with Crippen LogP contribution in [-0.4, -0.2) is 28.5 Å². The Hall–Kier alpha value is -2.34. The Morgan fingerprint density at radius 3 is 2.44 bits per heavy atom. The molecule has 3 rings (SSSR count). The summed E-state index contributed by atoms with van der Waals surface area (Å²) in [5.41, 5.74) is 1.84. The number of carbonyl (C=O) groups is 2. The Morgan fingerprint density at radius 2 is 1.81 bits per heavy atom. The predicted molar refractivity (Wildman–Crippen MR) is 105 cm³/mol. The minimum Gasteiger partial charge on any atom is -0.350 e. The molecule has 4 nitrogen and oxygen atoms in total. The highest BCUT2D eigenvalue weighted by atomic mass is 32.2. The molecule has 0 aromatic heterocycles. The molecule has 1 saturated heterocycles. The molecular weight excluding hydrogens is 363 g/mol. The Kier molecular flexibility index (Phi) is 6.16. The second-order valence-corrected chi connectivity index (χ2v) is 7.97. The van der Waals surface area contributed by atoms with Crippen LogP contribution < -0.4 is 5.32 Å². The van der Waals surface area contributed by atoms with Gasteiger partial charge in [-0.25, -0.2) is 4.39 Å². The molecular formula is C21H23FN2O2S. The highest BCUT2D eigenvalue weighted by molar-refractivity contribution is 7.99. The fourth-order valence-corrected chi connectivity index (χ4v) is 4.50. The molecule has 2 aromatic carbocycles. The zero-order valence-corrected chi connectivity index (χ0v) is 16.2. The molecule has 2 amide bonds. The normalized spacial score (nSPS) is 19.3. The van der Waals surface area contributed by atoms with Gasteiger partial charge < -0.3 is 10.2 Å². The van der Waals surface area contributed by atoms with E-state index >= 15 is 0 Å². The number of amides is 2. The second kappa shape index (κ2) is 8.57. The average Bonchev–Trinajstić information content (AvgIpc) is 3.12. The first-order valence-electron chi connectivity index (χ1n) is 8.98. The fraction of sp³-hybridized carbons (Fsp3) is 0.333. The number of carbonyl (C=O) groups excluding carboxylic acids is 2. The smallest absolute Gasteiger partial charge is 0.243 e. The molecule has 0 saturated carbocycles. The maximum atomic E-state index is 13.0. The van der Waals surface area contributed by atoms with E-state index in [9.17, 15) is 14.0 Å². The van der Waals surface area contributed by atoms with Crippen molar-refractivity contribution in [1.29, 1.82) is 0 Å². The van der Waals surface area contributed by atoms with Crippen molar-refractivity contribution in [2.45, 2.75) is 31.8 Å². The van der Waals surface area contributed by atoms with Crippen LogP contribution >= 0.6 is 11.8 Å². The van der Waals surface area contributed by atoms with Gasteiger partial charge in [-0.05, 0) is 23.3 Å². The molecule has 0 aliphatic carbocycles. The van der Waals surface area contributed by atoms with Gasteiger partial charge in [-0.15, -0.1) is 11.8 Å². The number of thioether (sulfide) groups is 1. The Morgan fingerprint density at radius 1 is 1.15 bits per heavy atom. The van der Waals surface area contributed by atoms with Crippen molar-refractivity contribution >= 4 is 23.6 Å². The van der Waals surface area contributed by atoms with Gasteiger partial charge in [-0.3, -0.25) is 9.59 Å². The molecule has 2 atom stereocenters. The third kappa shape index (κ3) is 4.50. The van der Waals surface area contributed by atoms with Gasteiger partial charge in [0.25, 0.3) is 0 Å². The van der Waals surface area contributed by atoms with Gasteiger partial charge >= 0.3 is 0 Å². The summed E-state index contributed by atoms with van der Waals surface area (Å²) in [5, 5.41) is 2.72. The van der Waals surface area contributed by atoms with Crippen LogP contribution in [0.15, 0.2) is 54.6 Å². The lowest BCUT2D eigenvalue weighted by Crippen LogP contribution is -2.49. The van der Waals surface area contributed by atoms with Gasteiger partial charge in [0.1, 0.15) is 17.2 Å². The fourth-order valence-electron chi connectivity index (χ4n) is 3.06. The molecule has 1 fully saturated rings. The zero-order valence-electron chi connectivity index (χ0n) is 15.4. The first kappa shape index (κ1) is 19.4. The molecule has 1 heterocycles. The summed E-state index contributed by atoms with van der Waals surface area (Å²) < 4.78 is 13.0. The highest BCUT2D eigenvalue weighted by Crippen LogP contribution is 2.42. The molecule has 1 aliphatic heterocycles. The topological polar surface area (TPSA) is 49.4 Å². The number of benzene rings is 2. The third-order valence-corrected chi connectivity index (χ3v) is 5.84. The lowest BCUT2D eigenvalue weighted by molar-refractivity contribution is -0.142. The standard InChI is InChI=1S/C21H23FN2O2S/c1-14(2)20(26)24-18(13-27-21(24)16-6-4-3-5-7-16)19(25)23-12-15-8-10-17(22)11-9-15/h3-11,14,18,21H,12-13H2,1-2H3,(H,23,25)/t18-,21+/m0/s1. The minimum atomic E-state index is -0.518. The molecule has 2 aromatic rings. The van der Waals surface area contributed by atoms with E-state index in [1.807, 2.05) is 44.2 Å². The highest BCUT2D eigenvalue weighted by Gasteiger charge is 2.42. The van der Waals surface area contributed by atoms with Crippen LogP contribution in [0.5, 0.6) is 0 Å². The van der Waals surface area contributed by atoms with E-state index in [-0.39, 0.29) is 28.9 Å². The van der Waals surface area contributed by atoms with Gasteiger partial charge in [0.05, 0.1) is 0 Å². The zero-order chi connectivity index (χ0) is 19.4. The Balaban J connectivity index is 1.75. The molecule has 0 radical (unpaired) electrons. The van der Waals surface area contributed by atoms with Crippen molar-refractivity contribution in [3.63, 3.8) is 0 Å². The van der Waals surface area contributed by atoms with Crippen molar-refractivity contribution in [1.82, 2.24) is 10.2 Å². The first-order chi connectivity index (χ1) is 13.0. The van der Waals surface area contributed by atoms with Crippen LogP contribution in [0.2, 0.25) is 0 Å². The Bertz CT molecular complexity index is 796. The average molecular weight is 386 g/mol. The van der Waals surface area contributed by atoms with Crippen LogP contribution in [0.3, 0.4) is 0 Å². The summed E-state index contributed by atoms with van der Waals surface area (Å²) in [5.74, 6) is -0.165. The third-order valence-electron chi connectivity index (χ3n) is 4.52. The number of rotatable bonds is 5. The molecule has 0 spiro atoms. The summed E-state index contributed by atoms with van der Waals surface area (Å²) in [4.78, 5) is 27.4. The summed E-state index contributed by atoms with van der Waals surface area (Å²) in [6.45, 7) is 4.00. The lowest BCUT2D eigenvalue weighted by atomic mass is 10.1. The van der Waals surface area contributed by atoms with Crippen LogP contribution in [0, 0.1) is 11.7 Å². The molecule has 1 aliphatic rings. The predicted octanol–water partition coefficient (Wildman–Crippen LogP) is 3.74. The van der Waals surface area contributed by atoms with E-state index in [1.165, 1.54) is 12.1 Å². The number of nitrogens with one attached hydrogen (secondary N) is 1. The summed E-state index contributed by atoms with van der Waals surface area (Å²) >= 11 is 1.60. The van der Waals surface area contributed by atoms with E-state index in [0.29, 0.717) is 12.3 Å². The van der Waals surface area contributed by atoms with Gasteiger partial charge in [-0.1, -0.05) is 56.3 Å². The molecule has 142 valence electrons. The SMILES string of the molecule is CC(C)C(=O)N1[C@@H](c2ccccc2)SC[C@H]1C(=O)NCc1ccc(F)cc1. The summed E-state index contributed by atoms with van der Waals surface area (Å²) in [7, 11) is 0. The number of hydrogen-bond donors (Lipinski definition) is 1. The summed E-state index contributed by atoms with van der Waals surface area (Å²) in [6, 6.07) is 15.3. The van der Waals surface area contributed by atoms with Gasteiger partial charge in [0.2, 0.25) is 11.8 Å². The van der Waals surface area contributed by atoms with E-state index in [0.717, 1.165) is 11.1 Å². The maximum Gasteiger partial charge on any atom is 0.243 e. The van der Waals surface area contributed by atoms with E-state index in [2.05, 4.69) is 5.32 Å². The Labute approximate surface area is 163 Å². The van der Waals surface area contributed by atoms with Crippen LogP contribution in [0.4, 0.5) is 4.39 Å². The van der Waals surface area contributed by atoms with Crippen molar-refractivity contribution < 1.29 is 14.0 Å². The maximum absolute atomic E-state index is 13.0. The first-order valence-corrected chi connectivity index (χ1v) is 10.0. The van der Waals surface area contributed by atoms with Crippen molar-refractivity contribution in [2.24, 2.45) is 5.92 Å². The van der Waals surface area contributed by atoms with E-state index in [4.69, 9.17) is 0 Å². The van der Waals surface area contributed by atoms with Crippen LogP contribution in [-0.2, 0) is 16.1 Å². The van der Waals surface area contributed by atoms with Gasteiger partial charge in [0, 0.05) is 18.2 Å². The number of hydrogen-bond acceptors (Lipinski definition) is 3. The van der Waals surface area contributed by atoms with Crippen molar-refractivity contribution in [2.75, 3.05) is 5.75 Å². The number of halogens is 1. The number of nitrogens with zero attached hydrogens (tertiary/aromatic N) is 1. The lowest BCUT2D eigenvalue weighted by Gasteiger charge is -2.30. The van der Waals surface area contributed by atoms with E-state index < -0.39 is 6.04 Å². The molecule has 1 N–H and O–H groups in total. The minimum absolute atomic E-state index is 0.0317.